The summed E-state index contributed by atoms with van der Waals surface area (Å²) >= 11 is 0. The van der Waals surface area contributed by atoms with Crippen LogP contribution < -0.4 is 10.1 Å². The number of ether oxygens (including phenoxy) is 1. The zero-order valence-corrected chi connectivity index (χ0v) is 11.8. The molecular weight excluding hydrogens is 295 g/mol. The number of halogens is 3. The largest absolute Gasteiger partial charge is 0.496 e. The number of alkyl halides is 3. The molecule has 1 unspecified atom stereocenters. The van der Waals surface area contributed by atoms with E-state index in [1.807, 2.05) is 18.2 Å². The molecule has 1 aromatic carbocycles. The van der Waals surface area contributed by atoms with Crippen LogP contribution in [-0.2, 0) is 19.0 Å². The Bertz CT molecular complexity index is 688. The maximum atomic E-state index is 12.6. The van der Waals surface area contributed by atoms with Crippen LogP contribution in [0.5, 0.6) is 5.75 Å². The van der Waals surface area contributed by atoms with Crippen molar-refractivity contribution in [1.29, 1.82) is 0 Å². The van der Waals surface area contributed by atoms with E-state index in [0.29, 0.717) is 6.42 Å². The average Bonchev–Trinajstić information content (AvgIpc) is 2.88. The van der Waals surface area contributed by atoms with Gasteiger partial charge < -0.3 is 10.1 Å². The normalized spacial score (nSPS) is 17.2. The predicted octanol–water partition coefficient (Wildman–Crippen LogP) is 3.08. The molecule has 22 heavy (non-hydrogen) atoms. The molecule has 0 bridgehead atoms. The standard InChI is InChI=1S/C15H14F3N3O/c1-22-12-4-2-3-9-7-10(8-11(9)12)20-13-5-6-19-14(21-13)15(16,17)18/h2-6,10H,7-8H2,1H3,(H,19,20,21). The van der Waals surface area contributed by atoms with E-state index in [-0.39, 0.29) is 11.9 Å². The molecule has 1 aliphatic carbocycles. The highest BCUT2D eigenvalue weighted by molar-refractivity contribution is 5.47. The Hall–Kier alpha value is -2.31. The van der Waals surface area contributed by atoms with Gasteiger partial charge in [-0.2, -0.15) is 13.2 Å². The summed E-state index contributed by atoms with van der Waals surface area (Å²) in [5, 5.41) is 3.04. The maximum absolute atomic E-state index is 12.6. The van der Waals surface area contributed by atoms with Gasteiger partial charge in [-0.05, 0) is 36.1 Å². The number of hydrogen-bond donors (Lipinski definition) is 1. The summed E-state index contributed by atoms with van der Waals surface area (Å²) in [5.74, 6) is -0.148. The molecule has 0 amide bonds. The Kier molecular flexibility index (Phi) is 3.64. The smallest absolute Gasteiger partial charge is 0.451 e. The summed E-state index contributed by atoms with van der Waals surface area (Å²) in [6.45, 7) is 0. The maximum Gasteiger partial charge on any atom is 0.451 e. The molecule has 3 rings (SSSR count). The third-order valence-electron chi connectivity index (χ3n) is 3.63. The van der Waals surface area contributed by atoms with Crippen molar-refractivity contribution in [2.45, 2.75) is 25.1 Å². The van der Waals surface area contributed by atoms with Crippen molar-refractivity contribution in [2.75, 3.05) is 12.4 Å². The van der Waals surface area contributed by atoms with Crippen molar-refractivity contribution < 1.29 is 17.9 Å². The topological polar surface area (TPSA) is 47.0 Å². The van der Waals surface area contributed by atoms with E-state index >= 15 is 0 Å². The number of methoxy groups -OCH3 is 1. The monoisotopic (exact) mass is 309 g/mol. The van der Waals surface area contributed by atoms with Crippen LogP contribution in [-0.4, -0.2) is 23.1 Å². The third-order valence-corrected chi connectivity index (χ3v) is 3.63. The SMILES string of the molecule is COc1cccc2c1CC(Nc1ccnc(C(F)(F)F)n1)C2. The Labute approximate surface area is 125 Å². The van der Waals surface area contributed by atoms with Gasteiger partial charge in [0, 0.05) is 12.2 Å². The van der Waals surface area contributed by atoms with Crippen LogP contribution in [0.2, 0.25) is 0 Å². The van der Waals surface area contributed by atoms with Gasteiger partial charge in [0.25, 0.3) is 0 Å². The van der Waals surface area contributed by atoms with Crippen LogP contribution in [0.3, 0.4) is 0 Å². The molecule has 1 aromatic heterocycles. The fourth-order valence-electron chi connectivity index (χ4n) is 2.70. The fraction of sp³-hybridized carbons (Fsp3) is 0.333. The summed E-state index contributed by atoms with van der Waals surface area (Å²) in [6.07, 6.45) is -2.02. The first-order valence-electron chi connectivity index (χ1n) is 6.79. The minimum atomic E-state index is -4.54. The lowest BCUT2D eigenvalue weighted by molar-refractivity contribution is -0.144. The minimum Gasteiger partial charge on any atom is -0.496 e. The van der Waals surface area contributed by atoms with Crippen LogP contribution >= 0.6 is 0 Å². The lowest BCUT2D eigenvalue weighted by Gasteiger charge is -2.14. The Morgan fingerprint density at radius 2 is 2.05 bits per heavy atom. The molecule has 1 N–H and O–H groups in total. The molecule has 0 fully saturated rings. The fourth-order valence-corrected chi connectivity index (χ4v) is 2.70. The molecule has 0 aliphatic heterocycles. The van der Waals surface area contributed by atoms with E-state index in [1.165, 1.54) is 6.07 Å². The van der Waals surface area contributed by atoms with E-state index < -0.39 is 12.0 Å². The van der Waals surface area contributed by atoms with Gasteiger partial charge in [0.15, 0.2) is 0 Å². The highest BCUT2D eigenvalue weighted by Gasteiger charge is 2.35. The van der Waals surface area contributed by atoms with E-state index in [2.05, 4.69) is 15.3 Å². The molecule has 116 valence electrons. The molecule has 0 spiro atoms. The number of rotatable bonds is 3. The molecule has 1 aliphatic rings. The second-order valence-electron chi connectivity index (χ2n) is 5.11. The van der Waals surface area contributed by atoms with Crippen molar-refractivity contribution in [2.24, 2.45) is 0 Å². The molecule has 0 saturated heterocycles. The second kappa shape index (κ2) is 5.47. The molecule has 2 aromatic rings. The average molecular weight is 309 g/mol. The van der Waals surface area contributed by atoms with Crippen molar-refractivity contribution in [1.82, 2.24) is 9.97 Å². The quantitative estimate of drug-likeness (QED) is 0.946. The first-order valence-corrected chi connectivity index (χ1v) is 6.79. The number of nitrogens with zero attached hydrogens (tertiary/aromatic N) is 2. The van der Waals surface area contributed by atoms with Gasteiger partial charge in [-0.25, -0.2) is 9.97 Å². The second-order valence-corrected chi connectivity index (χ2v) is 5.11. The first-order chi connectivity index (χ1) is 10.5. The van der Waals surface area contributed by atoms with E-state index in [0.717, 1.165) is 29.5 Å². The van der Waals surface area contributed by atoms with Crippen molar-refractivity contribution in [3.63, 3.8) is 0 Å². The van der Waals surface area contributed by atoms with E-state index in [9.17, 15) is 13.2 Å². The number of nitrogens with one attached hydrogen (secondary N) is 1. The summed E-state index contributed by atoms with van der Waals surface area (Å²) in [5.41, 5.74) is 2.23. The third kappa shape index (κ3) is 2.84. The van der Waals surface area contributed by atoms with Gasteiger partial charge in [0.2, 0.25) is 5.82 Å². The zero-order valence-electron chi connectivity index (χ0n) is 11.8. The summed E-state index contributed by atoms with van der Waals surface area (Å²) in [6, 6.07) is 7.22. The van der Waals surface area contributed by atoms with E-state index in [1.54, 1.807) is 7.11 Å². The van der Waals surface area contributed by atoms with Gasteiger partial charge in [0.05, 0.1) is 7.11 Å². The Morgan fingerprint density at radius 3 is 2.77 bits per heavy atom. The first kappa shape index (κ1) is 14.6. The predicted molar refractivity (Wildman–Crippen MR) is 74.8 cm³/mol. The van der Waals surface area contributed by atoms with Crippen molar-refractivity contribution in [3.05, 3.63) is 47.4 Å². The van der Waals surface area contributed by atoms with Crippen molar-refractivity contribution in [3.8, 4) is 5.75 Å². The zero-order chi connectivity index (χ0) is 15.7. The number of anilines is 1. The van der Waals surface area contributed by atoms with Gasteiger partial charge in [-0.3, -0.25) is 0 Å². The Morgan fingerprint density at radius 1 is 1.23 bits per heavy atom. The van der Waals surface area contributed by atoms with Gasteiger partial charge in [-0.1, -0.05) is 12.1 Å². The molecule has 1 atom stereocenters. The lowest BCUT2D eigenvalue weighted by atomic mass is 10.1. The van der Waals surface area contributed by atoms with Crippen LogP contribution in [0.1, 0.15) is 17.0 Å². The van der Waals surface area contributed by atoms with Gasteiger partial charge in [-0.15, -0.1) is 0 Å². The number of benzene rings is 1. The summed E-state index contributed by atoms with van der Waals surface area (Å²) in [7, 11) is 1.61. The highest BCUT2D eigenvalue weighted by Crippen LogP contribution is 2.32. The van der Waals surface area contributed by atoms with Crippen molar-refractivity contribution >= 4 is 5.82 Å². The van der Waals surface area contributed by atoms with E-state index in [4.69, 9.17) is 4.74 Å². The minimum absolute atomic E-state index is 0.0118. The van der Waals surface area contributed by atoms with Crippen LogP contribution in [0.4, 0.5) is 19.0 Å². The molecule has 1 heterocycles. The van der Waals surface area contributed by atoms with Gasteiger partial charge in [0.1, 0.15) is 11.6 Å². The molecule has 4 nitrogen and oxygen atoms in total. The summed E-state index contributed by atoms with van der Waals surface area (Å²) in [4.78, 5) is 6.79. The van der Waals surface area contributed by atoms with Gasteiger partial charge >= 0.3 is 6.18 Å². The van der Waals surface area contributed by atoms with Crippen LogP contribution in [0.15, 0.2) is 30.5 Å². The summed E-state index contributed by atoms with van der Waals surface area (Å²) < 4.78 is 43.2. The number of hydrogen-bond acceptors (Lipinski definition) is 4. The molecule has 0 radical (unpaired) electrons. The Balaban J connectivity index is 1.76. The molecule has 7 heteroatoms. The highest BCUT2D eigenvalue weighted by atomic mass is 19.4. The number of fused-ring (bicyclic) bond motifs is 1. The van der Waals surface area contributed by atoms with Crippen LogP contribution in [0.25, 0.3) is 0 Å². The lowest BCUT2D eigenvalue weighted by Crippen LogP contribution is -2.21. The van der Waals surface area contributed by atoms with Crippen LogP contribution in [0, 0.1) is 0 Å². The molecular formula is C15H14F3N3O. The molecule has 0 saturated carbocycles. The number of aromatic nitrogens is 2.